The quantitative estimate of drug-likeness (QED) is 0.836. The number of nitrogens with one attached hydrogen (secondary N) is 1. The van der Waals surface area contributed by atoms with E-state index in [0.29, 0.717) is 6.04 Å². The highest BCUT2D eigenvalue weighted by Crippen LogP contribution is 2.34. The van der Waals surface area contributed by atoms with Gasteiger partial charge >= 0.3 is 0 Å². The average molecular weight is 324 g/mol. The van der Waals surface area contributed by atoms with E-state index in [-0.39, 0.29) is 0 Å². The van der Waals surface area contributed by atoms with Gasteiger partial charge in [-0.15, -0.1) is 11.3 Å². The lowest BCUT2D eigenvalue weighted by Crippen LogP contribution is -2.21. The standard InChI is InChI=1S/C15H18BrNS/c1-10(2)17-9-12-5-7-15(18-12)13-6-4-11(3)8-14(13)16/h4-8,10,17H,9H2,1-3H3. The molecule has 0 unspecified atom stereocenters. The molecule has 0 saturated carbocycles. The van der Waals surface area contributed by atoms with Gasteiger partial charge in [-0.1, -0.05) is 41.9 Å². The summed E-state index contributed by atoms with van der Waals surface area (Å²) in [4.78, 5) is 2.70. The summed E-state index contributed by atoms with van der Waals surface area (Å²) in [6.07, 6.45) is 0. The van der Waals surface area contributed by atoms with E-state index < -0.39 is 0 Å². The zero-order valence-electron chi connectivity index (χ0n) is 11.0. The molecule has 18 heavy (non-hydrogen) atoms. The Balaban J connectivity index is 2.18. The Hall–Kier alpha value is -0.640. The summed E-state index contributed by atoms with van der Waals surface area (Å²) in [6, 6.07) is 11.5. The molecule has 0 amide bonds. The number of rotatable bonds is 4. The maximum absolute atomic E-state index is 3.65. The van der Waals surface area contributed by atoms with Gasteiger partial charge in [0.1, 0.15) is 0 Å². The SMILES string of the molecule is Cc1ccc(-c2ccc(CNC(C)C)s2)c(Br)c1. The third-order valence-electron chi connectivity index (χ3n) is 2.74. The zero-order valence-corrected chi connectivity index (χ0v) is 13.4. The Morgan fingerprint density at radius 3 is 2.67 bits per heavy atom. The molecule has 1 heterocycles. The van der Waals surface area contributed by atoms with Gasteiger partial charge in [-0.3, -0.25) is 0 Å². The van der Waals surface area contributed by atoms with Gasteiger partial charge in [-0.2, -0.15) is 0 Å². The third kappa shape index (κ3) is 3.44. The topological polar surface area (TPSA) is 12.0 Å². The van der Waals surface area contributed by atoms with Crippen LogP contribution in [0.4, 0.5) is 0 Å². The lowest BCUT2D eigenvalue weighted by Gasteiger charge is -2.05. The van der Waals surface area contributed by atoms with Crippen LogP contribution in [-0.4, -0.2) is 6.04 Å². The molecular weight excluding hydrogens is 306 g/mol. The Bertz CT molecular complexity index is 531. The molecule has 0 atom stereocenters. The monoisotopic (exact) mass is 323 g/mol. The van der Waals surface area contributed by atoms with Crippen LogP contribution in [0.3, 0.4) is 0 Å². The van der Waals surface area contributed by atoms with Crippen molar-refractivity contribution in [1.29, 1.82) is 0 Å². The normalized spacial score (nSPS) is 11.2. The predicted molar refractivity (Wildman–Crippen MR) is 84.2 cm³/mol. The molecule has 1 N–H and O–H groups in total. The average Bonchev–Trinajstić information content (AvgIpc) is 2.75. The number of hydrogen-bond acceptors (Lipinski definition) is 2. The summed E-state index contributed by atoms with van der Waals surface area (Å²) >= 11 is 5.50. The molecule has 0 bridgehead atoms. The Kier molecular flexibility index (Phi) is 4.60. The molecule has 0 saturated heterocycles. The van der Waals surface area contributed by atoms with Crippen molar-refractivity contribution in [3.05, 3.63) is 45.2 Å². The van der Waals surface area contributed by atoms with Crippen LogP contribution in [0.5, 0.6) is 0 Å². The smallest absolute Gasteiger partial charge is 0.0357 e. The number of hydrogen-bond donors (Lipinski definition) is 1. The van der Waals surface area contributed by atoms with Crippen molar-refractivity contribution in [2.24, 2.45) is 0 Å². The first-order valence-electron chi connectivity index (χ1n) is 6.15. The highest BCUT2D eigenvalue weighted by molar-refractivity contribution is 9.10. The van der Waals surface area contributed by atoms with E-state index in [1.807, 2.05) is 11.3 Å². The molecule has 1 nitrogen and oxygen atoms in total. The van der Waals surface area contributed by atoms with Crippen LogP contribution < -0.4 is 5.32 Å². The first-order valence-corrected chi connectivity index (χ1v) is 7.76. The largest absolute Gasteiger partial charge is 0.310 e. The van der Waals surface area contributed by atoms with Crippen molar-refractivity contribution < 1.29 is 0 Å². The van der Waals surface area contributed by atoms with E-state index in [4.69, 9.17) is 0 Å². The van der Waals surface area contributed by atoms with Crippen molar-refractivity contribution in [3.63, 3.8) is 0 Å². The van der Waals surface area contributed by atoms with Crippen LogP contribution in [0, 0.1) is 6.92 Å². The van der Waals surface area contributed by atoms with Crippen molar-refractivity contribution in [2.75, 3.05) is 0 Å². The number of thiophene rings is 1. The molecule has 0 aliphatic heterocycles. The van der Waals surface area contributed by atoms with Gasteiger partial charge in [0.05, 0.1) is 0 Å². The molecule has 1 aromatic carbocycles. The second kappa shape index (κ2) is 6.00. The Morgan fingerprint density at radius 1 is 1.22 bits per heavy atom. The summed E-state index contributed by atoms with van der Waals surface area (Å²) < 4.78 is 1.17. The molecule has 0 fully saturated rings. The lowest BCUT2D eigenvalue weighted by molar-refractivity contribution is 0.593. The van der Waals surface area contributed by atoms with Gasteiger partial charge in [-0.05, 0) is 30.7 Å². The molecule has 3 heteroatoms. The number of halogens is 1. The minimum Gasteiger partial charge on any atom is -0.310 e. The first-order chi connectivity index (χ1) is 8.56. The summed E-state index contributed by atoms with van der Waals surface area (Å²) in [7, 11) is 0. The molecule has 1 aromatic heterocycles. The van der Waals surface area contributed by atoms with E-state index >= 15 is 0 Å². The van der Waals surface area contributed by atoms with Crippen LogP contribution in [-0.2, 0) is 6.54 Å². The molecule has 0 radical (unpaired) electrons. The molecule has 2 rings (SSSR count). The van der Waals surface area contributed by atoms with Gasteiger partial charge < -0.3 is 5.32 Å². The third-order valence-corrected chi connectivity index (χ3v) is 4.51. The zero-order chi connectivity index (χ0) is 13.1. The molecule has 0 aliphatic carbocycles. The minimum absolute atomic E-state index is 0.529. The maximum atomic E-state index is 3.65. The maximum Gasteiger partial charge on any atom is 0.0357 e. The van der Waals surface area contributed by atoms with Gasteiger partial charge in [0.15, 0.2) is 0 Å². The van der Waals surface area contributed by atoms with Crippen molar-refractivity contribution in [2.45, 2.75) is 33.4 Å². The van der Waals surface area contributed by atoms with Crippen LogP contribution in [0.15, 0.2) is 34.8 Å². The van der Waals surface area contributed by atoms with E-state index in [2.05, 4.69) is 72.3 Å². The van der Waals surface area contributed by atoms with Crippen molar-refractivity contribution in [3.8, 4) is 10.4 Å². The summed E-state index contributed by atoms with van der Waals surface area (Å²) in [5.74, 6) is 0. The molecule has 0 aliphatic rings. The predicted octanol–water partition coefficient (Wildman–Crippen LogP) is 4.98. The van der Waals surface area contributed by atoms with E-state index in [0.717, 1.165) is 6.54 Å². The second-order valence-electron chi connectivity index (χ2n) is 4.78. The lowest BCUT2D eigenvalue weighted by atomic mass is 10.1. The van der Waals surface area contributed by atoms with Gasteiger partial charge in [-0.25, -0.2) is 0 Å². The Labute approximate surface area is 121 Å². The van der Waals surface area contributed by atoms with Gasteiger partial charge in [0.2, 0.25) is 0 Å². The van der Waals surface area contributed by atoms with Crippen LogP contribution in [0.1, 0.15) is 24.3 Å². The van der Waals surface area contributed by atoms with E-state index in [1.54, 1.807) is 0 Å². The Morgan fingerprint density at radius 2 is 2.00 bits per heavy atom. The highest BCUT2D eigenvalue weighted by atomic mass is 79.9. The minimum atomic E-state index is 0.529. The summed E-state index contributed by atoms with van der Waals surface area (Å²) in [5, 5.41) is 3.45. The van der Waals surface area contributed by atoms with E-state index in [9.17, 15) is 0 Å². The summed E-state index contributed by atoms with van der Waals surface area (Å²) in [5.41, 5.74) is 2.56. The molecule has 2 aromatic rings. The highest BCUT2D eigenvalue weighted by Gasteiger charge is 2.07. The fourth-order valence-corrected chi connectivity index (χ4v) is 3.58. The number of aryl methyl sites for hydroxylation is 1. The van der Waals surface area contributed by atoms with Crippen LogP contribution in [0.25, 0.3) is 10.4 Å². The van der Waals surface area contributed by atoms with Crippen molar-refractivity contribution in [1.82, 2.24) is 5.32 Å². The van der Waals surface area contributed by atoms with Crippen LogP contribution in [0.2, 0.25) is 0 Å². The molecule has 96 valence electrons. The second-order valence-corrected chi connectivity index (χ2v) is 6.81. The van der Waals surface area contributed by atoms with Gasteiger partial charge in [0.25, 0.3) is 0 Å². The van der Waals surface area contributed by atoms with Crippen LogP contribution >= 0.6 is 27.3 Å². The van der Waals surface area contributed by atoms with E-state index in [1.165, 1.54) is 25.4 Å². The fraction of sp³-hybridized carbons (Fsp3) is 0.333. The fourth-order valence-electron chi connectivity index (χ4n) is 1.74. The van der Waals surface area contributed by atoms with Crippen molar-refractivity contribution >= 4 is 27.3 Å². The van der Waals surface area contributed by atoms with Gasteiger partial charge in [0, 0.05) is 32.4 Å². The first kappa shape index (κ1) is 13.8. The molecule has 0 spiro atoms. The number of benzene rings is 1. The summed E-state index contributed by atoms with van der Waals surface area (Å²) in [6.45, 7) is 7.41. The molecular formula is C15H18BrNS.